The molecule has 1 heterocycles. The third-order valence-electron chi connectivity index (χ3n) is 4.45. The molecule has 3 rings (SSSR count). The molecule has 8 nitrogen and oxygen atoms in total. The van der Waals surface area contributed by atoms with Crippen molar-refractivity contribution in [2.24, 2.45) is 0 Å². The first kappa shape index (κ1) is 20.2. The predicted octanol–water partition coefficient (Wildman–Crippen LogP) is 2.78. The normalized spacial score (nSPS) is 10.6. The summed E-state index contributed by atoms with van der Waals surface area (Å²) in [5, 5.41) is 0.362. The van der Waals surface area contributed by atoms with E-state index >= 15 is 0 Å². The van der Waals surface area contributed by atoms with E-state index in [0.717, 1.165) is 16.7 Å². The monoisotopic (exact) mass is 398 g/mol. The zero-order valence-corrected chi connectivity index (χ0v) is 16.7. The molecule has 3 aromatic rings. The van der Waals surface area contributed by atoms with Crippen LogP contribution >= 0.6 is 0 Å². The molecule has 8 heteroatoms. The Labute approximate surface area is 167 Å². The average Bonchev–Trinajstić information content (AvgIpc) is 2.71. The average molecular weight is 398 g/mol. The number of fused-ring (bicyclic) bond motifs is 1. The first-order valence-corrected chi connectivity index (χ1v) is 8.94. The van der Waals surface area contributed by atoms with Gasteiger partial charge in [-0.05, 0) is 37.1 Å². The molecule has 0 saturated heterocycles. The van der Waals surface area contributed by atoms with Crippen LogP contribution in [0.4, 0.5) is 0 Å². The van der Waals surface area contributed by atoms with Crippen molar-refractivity contribution in [2.75, 3.05) is 27.4 Å². The molecule has 0 amide bonds. The number of aromatic nitrogens is 2. The Morgan fingerprint density at radius 1 is 1.03 bits per heavy atom. The van der Waals surface area contributed by atoms with Gasteiger partial charge in [-0.3, -0.25) is 9.59 Å². The molecule has 29 heavy (non-hydrogen) atoms. The lowest BCUT2D eigenvalue weighted by atomic mass is 10.0. The highest BCUT2D eigenvalue weighted by Gasteiger charge is 2.15. The number of ether oxygens (including phenoxy) is 4. The maximum absolute atomic E-state index is 12.7. The summed E-state index contributed by atoms with van der Waals surface area (Å²) >= 11 is 0. The molecule has 0 radical (unpaired) electrons. The Kier molecular flexibility index (Phi) is 6.01. The Bertz CT molecular complexity index is 1080. The summed E-state index contributed by atoms with van der Waals surface area (Å²) in [5.41, 5.74) is 2.67. The quantitative estimate of drug-likeness (QED) is 0.460. The van der Waals surface area contributed by atoms with Crippen LogP contribution < -0.4 is 19.8 Å². The fourth-order valence-corrected chi connectivity index (χ4v) is 3.18. The molecular formula is C21H22N2O6. The number of nitrogens with one attached hydrogen (secondary N) is 1. The number of benzene rings is 2. The number of aromatic amines is 1. The number of nitrogens with zero attached hydrogens (tertiary/aromatic N) is 1. The van der Waals surface area contributed by atoms with Crippen molar-refractivity contribution < 1.29 is 23.7 Å². The summed E-state index contributed by atoms with van der Waals surface area (Å²) in [6.45, 7) is 4.62. The van der Waals surface area contributed by atoms with Crippen LogP contribution in [0.5, 0.6) is 17.2 Å². The molecule has 1 N–H and O–H groups in total. The lowest BCUT2D eigenvalue weighted by molar-refractivity contribution is -0.129. The van der Waals surface area contributed by atoms with Gasteiger partial charge in [-0.1, -0.05) is 0 Å². The maximum Gasteiger partial charge on any atom is 0.293 e. The third-order valence-corrected chi connectivity index (χ3v) is 4.45. The van der Waals surface area contributed by atoms with Crippen molar-refractivity contribution in [1.29, 1.82) is 0 Å². The summed E-state index contributed by atoms with van der Waals surface area (Å²) in [4.78, 5) is 30.4. The van der Waals surface area contributed by atoms with Gasteiger partial charge >= 0.3 is 0 Å². The van der Waals surface area contributed by atoms with Crippen molar-refractivity contribution in [1.82, 2.24) is 9.97 Å². The van der Waals surface area contributed by atoms with E-state index in [2.05, 4.69) is 14.7 Å². The molecule has 152 valence electrons. The first-order chi connectivity index (χ1) is 14.0. The topological polar surface area (TPSA) is 99.7 Å². The summed E-state index contributed by atoms with van der Waals surface area (Å²) in [5.74, 6) is 2.08. The van der Waals surface area contributed by atoms with E-state index in [1.165, 1.54) is 7.11 Å². The predicted molar refractivity (Wildman–Crippen MR) is 108 cm³/mol. The summed E-state index contributed by atoms with van der Waals surface area (Å²) in [6.07, 6.45) is 0. The van der Waals surface area contributed by atoms with E-state index in [9.17, 15) is 9.59 Å². The van der Waals surface area contributed by atoms with Gasteiger partial charge in [-0.15, -0.1) is 0 Å². The second kappa shape index (κ2) is 8.64. The van der Waals surface area contributed by atoms with Gasteiger partial charge in [0.05, 0.1) is 19.7 Å². The Morgan fingerprint density at radius 2 is 1.76 bits per heavy atom. The molecule has 0 aliphatic heterocycles. The van der Waals surface area contributed by atoms with Crippen LogP contribution in [0.15, 0.2) is 29.1 Å². The van der Waals surface area contributed by atoms with Crippen molar-refractivity contribution in [3.05, 3.63) is 45.7 Å². The van der Waals surface area contributed by atoms with Gasteiger partial charge in [0.2, 0.25) is 0 Å². The molecular weight excluding hydrogens is 376 g/mol. The number of aryl methyl sites for hydroxylation is 2. The molecule has 0 bridgehead atoms. The number of methoxy groups -OCH3 is 2. The van der Waals surface area contributed by atoms with Gasteiger partial charge < -0.3 is 23.9 Å². The number of H-pyrrole nitrogens is 1. The van der Waals surface area contributed by atoms with Crippen LogP contribution in [0, 0.1) is 13.8 Å². The minimum absolute atomic E-state index is 0.174. The van der Waals surface area contributed by atoms with Crippen LogP contribution in [0.2, 0.25) is 0 Å². The van der Waals surface area contributed by atoms with Crippen LogP contribution in [-0.2, 0) is 9.53 Å². The summed E-state index contributed by atoms with van der Waals surface area (Å²) < 4.78 is 20.9. The lowest BCUT2D eigenvalue weighted by Gasteiger charge is -2.14. The van der Waals surface area contributed by atoms with Crippen LogP contribution in [0.25, 0.3) is 22.3 Å². The van der Waals surface area contributed by atoms with E-state index in [1.54, 1.807) is 19.2 Å². The van der Waals surface area contributed by atoms with E-state index < -0.39 is 0 Å². The smallest absolute Gasteiger partial charge is 0.293 e. The lowest BCUT2D eigenvalue weighted by Crippen LogP contribution is -2.11. The zero-order valence-electron chi connectivity index (χ0n) is 16.7. The third kappa shape index (κ3) is 4.16. The van der Waals surface area contributed by atoms with Crippen molar-refractivity contribution in [3.8, 4) is 28.6 Å². The maximum atomic E-state index is 12.7. The SMILES string of the molecule is COc1cc(OC)c2c(=O)[nH]c(-c3cc(C)c(OCCOC=O)c(C)c3)nc2c1. The summed E-state index contributed by atoms with van der Waals surface area (Å²) in [6, 6.07) is 7.10. The van der Waals surface area contributed by atoms with Crippen LogP contribution in [-0.4, -0.2) is 43.9 Å². The second-order valence-electron chi connectivity index (χ2n) is 6.39. The Morgan fingerprint density at radius 3 is 2.38 bits per heavy atom. The molecule has 0 fully saturated rings. The molecule has 0 aliphatic rings. The largest absolute Gasteiger partial charge is 0.497 e. The van der Waals surface area contributed by atoms with Gasteiger partial charge in [0.1, 0.15) is 41.7 Å². The Balaban J connectivity index is 2.04. The molecule has 0 spiro atoms. The molecule has 2 aromatic carbocycles. The molecule has 0 unspecified atom stereocenters. The first-order valence-electron chi connectivity index (χ1n) is 8.94. The second-order valence-corrected chi connectivity index (χ2v) is 6.39. The van der Waals surface area contributed by atoms with E-state index in [4.69, 9.17) is 14.2 Å². The van der Waals surface area contributed by atoms with Crippen molar-refractivity contribution in [3.63, 3.8) is 0 Å². The zero-order chi connectivity index (χ0) is 21.0. The van der Waals surface area contributed by atoms with Gasteiger partial charge in [-0.25, -0.2) is 4.98 Å². The van der Waals surface area contributed by atoms with Crippen LogP contribution in [0.1, 0.15) is 11.1 Å². The molecule has 0 aliphatic carbocycles. The fourth-order valence-electron chi connectivity index (χ4n) is 3.18. The van der Waals surface area contributed by atoms with Gasteiger partial charge in [-0.2, -0.15) is 0 Å². The number of hydrogen-bond donors (Lipinski definition) is 1. The van der Waals surface area contributed by atoms with Gasteiger partial charge in [0, 0.05) is 17.7 Å². The van der Waals surface area contributed by atoms with Crippen molar-refractivity contribution >= 4 is 17.4 Å². The van der Waals surface area contributed by atoms with Crippen molar-refractivity contribution in [2.45, 2.75) is 13.8 Å². The number of hydrogen-bond acceptors (Lipinski definition) is 7. The number of rotatable bonds is 8. The highest BCUT2D eigenvalue weighted by Crippen LogP contribution is 2.31. The minimum atomic E-state index is -0.300. The number of carbonyl (C=O) groups is 1. The Hall–Kier alpha value is -3.55. The molecule has 0 atom stereocenters. The minimum Gasteiger partial charge on any atom is -0.497 e. The van der Waals surface area contributed by atoms with E-state index in [0.29, 0.717) is 40.4 Å². The fraction of sp³-hybridized carbons (Fsp3) is 0.286. The van der Waals surface area contributed by atoms with E-state index in [-0.39, 0.29) is 18.8 Å². The van der Waals surface area contributed by atoms with E-state index in [1.807, 2.05) is 26.0 Å². The summed E-state index contributed by atoms with van der Waals surface area (Å²) in [7, 11) is 3.04. The number of carbonyl (C=O) groups excluding carboxylic acids is 1. The van der Waals surface area contributed by atoms with Gasteiger partial charge in [0.25, 0.3) is 12.0 Å². The molecule has 0 saturated carbocycles. The highest BCUT2D eigenvalue weighted by atomic mass is 16.5. The molecule has 1 aromatic heterocycles. The van der Waals surface area contributed by atoms with Crippen LogP contribution in [0.3, 0.4) is 0 Å². The van der Waals surface area contributed by atoms with Gasteiger partial charge in [0.15, 0.2) is 0 Å². The standard InChI is InChI=1S/C21H22N2O6/c1-12-7-14(8-13(2)19(12)29-6-5-28-11-24)20-22-16-9-15(26-3)10-17(27-4)18(16)21(25)23-20/h7-11H,5-6H2,1-4H3,(H,22,23,25). The highest BCUT2D eigenvalue weighted by molar-refractivity contribution is 5.87.